The van der Waals surface area contributed by atoms with E-state index in [4.69, 9.17) is 12.8 Å². The third-order valence-corrected chi connectivity index (χ3v) is 12.3. The monoisotopic (exact) mass is 240 g/mol. The molecule has 1 aliphatic rings. The fraction of sp³-hybridized carbons (Fsp3) is 0.556. The molecule has 0 nitrogen and oxygen atoms in total. The molecule has 1 saturated heterocycles. The van der Waals surface area contributed by atoms with Gasteiger partial charge in [-0.15, -0.1) is 0 Å². The molecule has 0 spiro atoms. The van der Waals surface area contributed by atoms with E-state index < -0.39 is 18.4 Å². The minimum atomic E-state index is -2.29. The molecule has 52 valence electrons. The summed E-state index contributed by atoms with van der Waals surface area (Å²) >= 11 is -2.29. The molecule has 10 heavy (non-hydrogen) atoms. The zero-order valence-electron chi connectivity index (χ0n) is 6.19. The van der Waals surface area contributed by atoms with Crippen molar-refractivity contribution in [1.82, 2.24) is 0 Å². The van der Waals surface area contributed by atoms with Crippen LogP contribution in [0.15, 0.2) is 0 Å². The Hall–Kier alpha value is -0.0813. The average molecular weight is 239 g/mol. The molecule has 1 fully saturated rings. The summed E-state index contributed by atoms with van der Waals surface area (Å²) in [5.41, 5.74) is 0. The van der Waals surface area contributed by atoms with Gasteiger partial charge in [0.2, 0.25) is 0 Å². The minimum absolute atomic E-state index is 1.24. The maximum absolute atomic E-state index is 5.45. The number of terminal acetylenes is 2. The molecule has 0 amide bonds. The van der Waals surface area contributed by atoms with Crippen LogP contribution in [0.4, 0.5) is 0 Å². The van der Waals surface area contributed by atoms with Crippen molar-refractivity contribution in [2.24, 2.45) is 0 Å². The van der Waals surface area contributed by atoms with Gasteiger partial charge < -0.3 is 0 Å². The molecule has 0 radical (unpaired) electrons. The van der Waals surface area contributed by atoms with Crippen LogP contribution in [0.2, 0.25) is 8.87 Å². The second-order valence-corrected chi connectivity index (χ2v) is 13.6. The molecule has 0 aromatic carbocycles. The summed E-state index contributed by atoms with van der Waals surface area (Å²) in [5.74, 6) is 0. The topological polar surface area (TPSA) is 0 Å². The molecule has 0 aromatic rings. The molecule has 0 aromatic heterocycles. The summed E-state index contributed by atoms with van der Waals surface area (Å²) < 4.78 is 8.36. The second kappa shape index (κ2) is 3.35. The van der Waals surface area contributed by atoms with E-state index in [2.05, 4.69) is 7.87 Å². The van der Waals surface area contributed by atoms with Gasteiger partial charge in [0.05, 0.1) is 0 Å². The van der Waals surface area contributed by atoms with Crippen LogP contribution in [0.25, 0.3) is 0 Å². The zero-order valence-corrected chi connectivity index (χ0v) is 9.04. The first-order chi connectivity index (χ1) is 4.83. The van der Waals surface area contributed by atoms with Gasteiger partial charge in [0.15, 0.2) is 0 Å². The van der Waals surface area contributed by atoms with Crippen LogP contribution in [0.3, 0.4) is 0 Å². The van der Waals surface area contributed by atoms with Crippen molar-refractivity contribution in [3.8, 4) is 20.7 Å². The van der Waals surface area contributed by atoms with Gasteiger partial charge in [0.1, 0.15) is 0 Å². The first kappa shape index (κ1) is 8.02. The summed E-state index contributed by atoms with van der Waals surface area (Å²) in [6.45, 7) is 0. The number of hydrogen-bond donors (Lipinski definition) is 0. The Bertz CT molecular complexity index is 170. The molecular weight excluding hydrogens is 227 g/mol. The third kappa shape index (κ3) is 1.50. The van der Waals surface area contributed by atoms with E-state index in [0.717, 1.165) is 0 Å². The summed E-state index contributed by atoms with van der Waals surface area (Å²) in [6.07, 6.45) is 14.8. The SMILES string of the molecule is C#[C][Sn]1([C]#C)[CH2]CCC[CH2]1. The van der Waals surface area contributed by atoms with Crippen LogP contribution in [0.1, 0.15) is 19.3 Å². The Labute approximate surface area is 67.3 Å². The Kier molecular flexibility index (Phi) is 2.69. The van der Waals surface area contributed by atoms with Crippen LogP contribution in [-0.4, -0.2) is 18.4 Å². The van der Waals surface area contributed by atoms with Crippen molar-refractivity contribution < 1.29 is 0 Å². The van der Waals surface area contributed by atoms with Crippen molar-refractivity contribution >= 4 is 18.4 Å². The number of rotatable bonds is 0. The molecule has 0 bridgehead atoms. The van der Waals surface area contributed by atoms with Crippen LogP contribution in [-0.2, 0) is 0 Å². The first-order valence-corrected chi connectivity index (χ1v) is 10.7. The number of hydrogen-bond acceptors (Lipinski definition) is 0. The zero-order chi connectivity index (χ0) is 7.45. The predicted molar refractivity (Wildman–Crippen MR) is 46.9 cm³/mol. The molecule has 1 heterocycles. The van der Waals surface area contributed by atoms with E-state index in [1.54, 1.807) is 0 Å². The molecule has 0 aliphatic carbocycles. The van der Waals surface area contributed by atoms with E-state index in [1.807, 2.05) is 0 Å². The van der Waals surface area contributed by atoms with Crippen LogP contribution in [0.5, 0.6) is 0 Å². The Morgan fingerprint density at radius 1 is 0.900 bits per heavy atom. The van der Waals surface area contributed by atoms with E-state index in [9.17, 15) is 0 Å². The Balaban J connectivity index is 2.67. The normalized spacial score (nSPS) is 22.6. The van der Waals surface area contributed by atoms with Gasteiger partial charge in [0, 0.05) is 0 Å². The van der Waals surface area contributed by atoms with Gasteiger partial charge >= 0.3 is 67.2 Å². The molecule has 1 rings (SSSR count). The van der Waals surface area contributed by atoms with E-state index in [-0.39, 0.29) is 0 Å². The quantitative estimate of drug-likeness (QED) is 0.447. The van der Waals surface area contributed by atoms with Gasteiger partial charge in [-0.2, -0.15) is 0 Å². The van der Waals surface area contributed by atoms with Crippen LogP contribution >= 0.6 is 0 Å². The fourth-order valence-corrected chi connectivity index (χ4v) is 8.96. The fourth-order valence-electron chi connectivity index (χ4n) is 1.49. The molecule has 0 unspecified atom stereocenters. The van der Waals surface area contributed by atoms with Crippen molar-refractivity contribution in [2.75, 3.05) is 0 Å². The van der Waals surface area contributed by atoms with Crippen molar-refractivity contribution in [3.63, 3.8) is 0 Å². The van der Waals surface area contributed by atoms with E-state index in [0.29, 0.717) is 0 Å². The molecule has 1 heteroatoms. The summed E-state index contributed by atoms with van der Waals surface area (Å²) in [6, 6.07) is 0. The van der Waals surface area contributed by atoms with Crippen molar-refractivity contribution in [1.29, 1.82) is 0 Å². The summed E-state index contributed by atoms with van der Waals surface area (Å²) in [7, 11) is 0. The van der Waals surface area contributed by atoms with Gasteiger partial charge in [-0.05, 0) is 0 Å². The summed E-state index contributed by atoms with van der Waals surface area (Å²) in [5, 5.41) is 0. The van der Waals surface area contributed by atoms with Gasteiger partial charge in [-0.1, -0.05) is 0 Å². The van der Waals surface area contributed by atoms with Crippen LogP contribution < -0.4 is 0 Å². The Morgan fingerprint density at radius 2 is 1.40 bits per heavy atom. The van der Waals surface area contributed by atoms with Gasteiger partial charge in [0.25, 0.3) is 0 Å². The second-order valence-electron chi connectivity index (χ2n) is 2.93. The average Bonchev–Trinajstić information content (AvgIpc) is 2.06. The molecule has 0 atom stereocenters. The Morgan fingerprint density at radius 3 is 1.70 bits per heavy atom. The summed E-state index contributed by atoms with van der Waals surface area (Å²) in [4.78, 5) is 0. The van der Waals surface area contributed by atoms with Gasteiger partial charge in [-0.3, -0.25) is 0 Å². The molecule has 1 aliphatic heterocycles. The van der Waals surface area contributed by atoms with Crippen molar-refractivity contribution in [2.45, 2.75) is 28.1 Å². The third-order valence-electron chi connectivity index (χ3n) is 2.26. The molecular formula is C9H12Sn. The maximum atomic E-state index is 5.45. The first-order valence-electron chi connectivity index (χ1n) is 3.78. The van der Waals surface area contributed by atoms with Crippen molar-refractivity contribution in [3.05, 3.63) is 0 Å². The van der Waals surface area contributed by atoms with Crippen LogP contribution in [0, 0.1) is 20.7 Å². The molecule has 0 N–H and O–H groups in total. The van der Waals surface area contributed by atoms with Gasteiger partial charge in [-0.25, -0.2) is 0 Å². The molecule has 0 saturated carbocycles. The van der Waals surface area contributed by atoms with E-state index in [1.165, 1.54) is 28.1 Å². The predicted octanol–water partition coefficient (Wildman–Crippen LogP) is 1.96. The standard InChI is InChI=1S/C5H10.2C2H.Sn/c1-3-5-4-2;2*1-2;/h1-5H2;2*1H;. The van der Waals surface area contributed by atoms with E-state index >= 15 is 0 Å².